The Morgan fingerprint density at radius 2 is 1.14 bits per heavy atom. The number of H-pyrrole nitrogens is 2. The van der Waals surface area contributed by atoms with E-state index in [0.29, 0.717) is 39.4 Å². The number of aryl methyl sites for hydroxylation is 2. The Morgan fingerprint density at radius 1 is 0.619 bits per heavy atom. The fourth-order valence-electron chi connectivity index (χ4n) is 8.02. The molecule has 15 heteroatoms. The quantitative estimate of drug-likeness (QED) is 0.0803. The van der Waals surface area contributed by atoms with Crippen LogP contribution in [0.15, 0.2) is 85.7 Å². The molecule has 12 nitrogen and oxygen atoms in total. The van der Waals surface area contributed by atoms with Gasteiger partial charge >= 0.3 is 0 Å². The predicted molar refractivity (Wildman–Crippen MR) is 243 cm³/mol. The van der Waals surface area contributed by atoms with Crippen LogP contribution in [0.1, 0.15) is 49.7 Å². The van der Waals surface area contributed by atoms with Gasteiger partial charge in [0.15, 0.2) is 23.1 Å². The maximum Gasteiger partial charge on any atom is 0.230 e. The Morgan fingerprint density at radius 3 is 1.75 bits per heavy atom. The fraction of sp³-hybridized carbons (Fsp3) is 0.333. The summed E-state index contributed by atoms with van der Waals surface area (Å²) in [6.07, 6.45) is 13.6. The van der Waals surface area contributed by atoms with E-state index in [1.165, 1.54) is 70.6 Å². The van der Waals surface area contributed by atoms with E-state index >= 15 is 0 Å². The average Bonchev–Trinajstić information content (AvgIpc) is 4.14. The molecule has 4 aromatic carbocycles. The topological polar surface area (TPSA) is 138 Å². The van der Waals surface area contributed by atoms with Gasteiger partial charge in [-0.2, -0.15) is 0 Å². The molecule has 2 fully saturated rings. The van der Waals surface area contributed by atoms with E-state index in [-0.39, 0.29) is 11.5 Å². The molecular weight excluding hydrogens is 826 g/mol. The molecule has 2 saturated heterocycles. The highest BCUT2D eigenvalue weighted by atomic mass is 35.5. The van der Waals surface area contributed by atoms with E-state index < -0.39 is 11.6 Å². The number of aromatic hydroxyl groups is 1. The molecule has 3 N–H and O–H groups in total. The van der Waals surface area contributed by atoms with Crippen molar-refractivity contribution in [1.82, 2.24) is 39.7 Å². The van der Waals surface area contributed by atoms with Gasteiger partial charge in [0.05, 0.1) is 29.6 Å². The van der Waals surface area contributed by atoms with Crippen LogP contribution in [-0.4, -0.2) is 97.3 Å². The highest BCUT2D eigenvalue weighted by molar-refractivity contribution is 6.34. The molecule has 0 radical (unpaired) electrons. The first-order chi connectivity index (χ1) is 30.7. The lowest BCUT2D eigenvalue weighted by atomic mass is 10.1. The third-order valence-corrected chi connectivity index (χ3v) is 11.7. The van der Waals surface area contributed by atoms with Gasteiger partial charge in [-0.05, 0) is 138 Å². The second-order valence-corrected chi connectivity index (χ2v) is 16.2. The number of nitrogens with zero attached hydrogens (tertiary/aromatic N) is 6. The molecule has 0 saturated carbocycles. The number of aromatic nitrogens is 6. The van der Waals surface area contributed by atoms with Crippen molar-refractivity contribution in [2.75, 3.05) is 52.5 Å². The van der Waals surface area contributed by atoms with Gasteiger partial charge in [0, 0.05) is 64.8 Å². The standard InChI is InChI=1S/C24H25FN4O2.C16H20ClN3O.C8H6FNO/c1-16-13-18-20(14-22(16)30-12-4-11-29-9-2-3-10-29)27-15-28-24(18)31-21-6-5-19-17(23(21)25)7-8-26-19;1-12-9-13-14(18-11-19-16(13)17)10-15(12)21-8-4-7-20-5-2-3-6-20;9-8-5-3-4-10-6(5)1-2-7(8)11/h5-8,13-15,26H,2-4,9-12H2,1H3;9-11H,2-8H2,1H3;1-4,10-11H. The molecule has 0 spiro atoms. The summed E-state index contributed by atoms with van der Waals surface area (Å²) in [5.74, 6) is 0.854. The summed E-state index contributed by atoms with van der Waals surface area (Å²) < 4.78 is 45.6. The summed E-state index contributed by atoms with van der Waals surface area (Å²) >= 11 is 6.08. The fourth-order valence-corrected chi connectivity index (χ4v) is 8.21. The Bertz CT molecular complexity index is 2810. The number of aromatic amines is 2. The molecule has 2 aliphatic heterocycles. The van der Waals surface area contributed by atoms with Crippen LogP contribution in [0.3, 0.4) is 0 Å². The normalized spacial score (nSPS) is 14.2. The summed E-state index contributed by atoms with van der Waals surface area (Å²) in [4.78, 5) is 27.7. The molecule has 328 valence electrons. The number of phenols is 1. The van der Waals surface area contributed by atoms with Crippen LogP contribution in [0.5, 0.6) is 28.9 Å². The molecule has 0 aliphatic carbocycles. The van der Waals surface area contributed by atoms with Crippen LogP contribution < -0.4 is 14.2 Å². The number of ether oxygens (including phenoxy) is 3. The van der Waals surface area contributed by atoms with Gasteiger partial charge in [-0.3, -0.25) is 0 Å². The van der Waals surface area contributed by atoms with Crippen LogP contribution in [-0.2, 0) is 0 Å². The first kappa shape index (κ1) is 43.6. The minimum Gasteiger partial charge on any atom is -0.505 e. The second-order valence-electron chi connectivity index (χ2n) is 15.9. The molecule has 0 atom stereocenters. The number of hydrogen-bond donors (Lipinski definition) is 3. The van der Waals surface area contributed by atoms with Crippen molar-refractivity contribution in [3.05, 3.63) is 114 Å². The minimum absolute atomic E-state index is 0.131. The highest BCUT2D eigenvalue weighted by Crippen LogP contribution is 2.34. The largest absolute Gasteiger partial charge is 0.505 e. The maximum absolute atomic E-state index is 14.8. The third kappa shape index (κ3) is 10.6. The average molecular weight is 877 g/mol. The molecule has 8 aromatic rings. The molecule has 6 heterocycles. The number of nitrogens with one attached hydrogen (secondary N) is 2. The number of halogens is 3. The van der Waals surface area contributed by atoms with Crippen molar-refractivity contribution in [2.24, 2.45) is 0 Å². The van der Waals surface area contributed by atoms with E-state index in [4.69, 9.17) is 30.9 Å². The smallest absolute Gasteiger partial charge is 0.230 e. The van der Waals surface area contributed by atoms with E-state index in [9.17, 15) is 8.78 Å². The summed E-state index contributed by atoms with van der Waals surface area (Å²) in [5.41, 5.74) is 4.98. The van der Waals surface area contributed by atoms with Crippen LogP contribution in [0.25, 0.3) is 43.6 Å². The van der Waals surface area contributed by atoms with E-state index in [0.717, 1.165) is 77.0 Å². The minimum atomic E-state index is -0.566. The molecule has 0 amide bonds. The van der Waals surface area contributed by atoms with Crippen molar-refractivity contribution in [2.45, 2.75) is 52.4 Å². The number of phenolic OH excluding ortho intramolecular Hbond substituents is 1. The van der Waals surface area contributed by atoms with Gasteiger partial charge in [0.2, 0.25) is 5.88 Å². The molecule has 2 aliphatic rings. The van der Waals surface area contributed by atoms with Crippen LogP contribution in [0, 0.1) is 25.5 Å². The first-order valence-electron chi connectivity index (χ1n) is 21.5. The summed E-state index contributed by atoms with van der Waals surface area (Å²) in [7, 11) is 0. The summed E-state index contributed by atoms with van der Waals surface area (Å²) in [6.45, 7) is 12.5. The van der Waals surface area contributed by atoms with Gasteiger partial charge in [-0.25, -0.2) is 28.7 Å². The first-order valence-corrected chi connectivity index (χ1v) is 21.8. The van der Waals surface area contributed by atoms with Crippen molar-refractivity contribution in [3.8, 4) is 28.9 Å². The lowest BCUT2D eigenvalue weighted by Gasteiger charge is -2.15. The molecule has 10 rings (SSSR count). The lowest BCUT2D eigenvalue weighted by molar-refractivity contribution is 0.262. The zero-order chi connectivity index (χ0) is 43.7. The van der Waals surface area contributed by atoms with Gasteiger partial charge in [0.1, 0.15) is 29.3 Å². The zero-order valence-electron chi connectivity index (χ0n) is 35.5. The van der Waals surface area contributed by atoms with Crippen LogP contribution in [0.2, 0.25) is 5.15 Å². The van der Waals surface area contributed by atoms with E-state index in [1.807, 2.05) is 38.1 Å². The number of fused-ring (bicyclic) bond motifs is 4. The SMILES string of the molecule is Cc1cc2c(Cl)ncnc2cc1OCCCN1CCCC1.Cc1cc2c(Oc3ccc4[nH]ccc4c3F)ncnc2cc1OCCCN1CCCC1.Oc1ccc2[nH]ccc2c1F. The van der Waals surface area contributed by atoms with E-state index in [2.05, 4.69) is 39.7 Å². The van der Waals surface area contributed by atoms with Gasteiger partial charge in [0.25, 0.3) is 0 Å². The Balaban J connectivity index is 0.000000146. The van der Waals surface area contributed by atoms with Crippen molar-refractivity contribution >= 4 is 55.2 Å². The van der Waals surface area contributed by atoms with Gasteiger partial charge < -0.3 is 39.1 Å². The number of benzene rings is 4. The Hall–Kier alpha value is -6.09. The third-order valence-electron chi connectivity index (χ3n) is 11.4. The van der Waals surface area contributed by atoms with Crippen molar-refractivity contribution in [3.63, 3.8) is 0 Å². The van der Waals surface area contributed by atoms with E-state index in [1.54, 1.807) is 42.7 Å². The van der Waals surface area contributed by atoms with Gasteiger partial charge in [-0.15, -0.1) is 0 Å². The highest BCUT2D eigenvalue weighted by Gasteiger charge is 2.16. The molecule has 4 aromatic heterocycles. The maximum atomic E-state index is 14.8. The van der Waals surface area contributed by atoms with Crippen LogP contribution >= 0.6 is 11.6 Å². The second kappa shape index (κ2) is 20.4. The van der Waals surface area contributed by atoms with Gasteiger partial charge in [-0.1, -0.05) is 11.6 Å². The molecule has 63 heavy (non-hydrogen) atoms. The zero-order valence-corrected chi connectivity index (χ0v) is 36.2. The molecule has 0 unspecified atom stereocenters. The number of likely N-dealkylation sites (tertiary alicyclic amines) is 2. The summed E-state index contributed by atoms with van der Waals surface area (Å²) in [5, 5.41) is 11.9. The lowest BCUT2D eigenvalue weighted by Crippen LogP contribution is -2.21. The predicted octanol–water partition coefficient (Wildman–Crippen LogP) is 10.7. The monoisotopic (exact) mass is 876 g/mol. The van der Waals surface area contributed by atoms with Crippen LogP contribution in [0.4, 0.5) is 8.78 Å². The van der Waals surface area contributed by atoms with Crippen molar-refractivity contribution in [1.29, 1.82) is 0 Å². The molecule has 0 bridgehead atoms. The Kier molecular flexibility index (Phi) is 14.1. The number of hydrogen-bond acceptors (Lipinski definition) is 10. The number of rotatable bonds is 12. The summed E-state index contributed by atoms with van der Waals surface area (Å²) in [6, 6.07) is 17.4. The Labute approximate surface area is 369 Å². The molecular formula is C48H51ClF2N8O4. The van der Waals surface area contributed by atoms with Crippen molar-refractivity contribution < 1.29 is 28.1 Å².